The minimum Gasteiger partial charge on any atom is -0.342 e. The second-order valence-electron chi connectivity index (χ2n) is 7.28. The van der Waals surface area contributed by atoms with E-state index in [9.17, 15) is 14.0 Å². The lowest BCUT2D eigenvalue weighted by Crippen LogP contribution is -2.30. The summed E-state index contributed by atoms with van der Waals surface area (Å²) >= 11 is 0. The molecule has 1 aliphatic heterocycles. The molecule has 1 aromatic carbocycles. The van der Waals surface area contributed by atoms with Crippen LogP contribution in [-0.4, -0.2) is 29.8 Å². The summed E-state index contributed by atoms with van der Waals surface area (Å²) in [5.74, 6) is 0.0504. The first kappa shape index (κ1) is 16.0. The molecule has 124 valence electrons. The SMILES string of the molecule is CC(C)CC(=O)N1CCC2(CC2C(=O)Nc2cccc(F)c2)C1. The average molecular weight is 318 g/mol. The smallest absolute Gasteiger partial charge is 0.228 e. The number of hydrogen-bond donors (Lipinski definition) is 1. The van der Waals surface area contributed by atoms with Crippen LogP contribution in [0.1, 0.15) is 33.1 Å². The number of amides is 2. The van der Waals surface area contributed by atoms with Gasteiger partial charge in [0.2, 0.25) is 11.8 Å². The van der Waals surface area contributed by atoms with Crippen molar-refractivity contribution in [2.24, 2.45) is 17.3 Å². The maximum Gasteiger partial charge on any atom is 0.228 e. The number of carbonyl (C=O) groups is 2. The number of nitrogens with one attached hydrogen (secondary N) is 1. The Labute approximate surface area is 136 Å². The topological polar surface area (TPSA) is 49.4 Å². The molecule has 0 radical (unpaired) electrons. The van der Waals surface area contributed by atoms with Gasteiger partial charge in [0.15, 0.2) is 0 Å². The van der Waals surface area contributed by atoms with Crippen LogP contribution in [0, 0.1) is 23.1 Å². The highest BCUT2D eigenvalue weighted by molar-refractivity contribution is 5.95. The third kappa shape index (κ3) is 3.38. The van der Waals surface area contributed by atoms with Crippen molar-refractivity contribution < 1.29 is 14.0 Å². The Morgan fingerprint density at radius 2 is 2.22 bits per heavy atom. The minimum absolute atomic E-state index is 0.0515. The summed E-state index contributed by atoms with van der Waals surface area (Å²) in [6.07, 6.45) is 2.27. The molecule has 1 saturated heterocycles. The molecule has 5 heteroatoms. The lowest BCUT2D eigenvalue weighted by atomic mass is 10.0. The summed E-state index contributed by atoms with van der Waals surface area (Å²) in [7, 11) is 0. The monoisotopic (exact) mass is 318 g/mol. The standard InChI is InChI=1S/C18H23FN2O2/c1-12(2)8-16(22)21-7-6-18(11-21)10-15(18)17(23)20-14-5-3-4-13(19)9-14/h3-5,9,12,15H,6-8,10-11H2,1-2H3,(H,20,23). The van der Waals surface area contributed by atoms with Gasteiger partial charge in [0.25, 0.3) is 0 Å². The van der Waals surface area contributed by atoms with Crippen LogP contribution in [0.25, 0.3) is 0 Å². The van der Waals surface area contributed by atoms with Gasteiger partial charge in [-0.3, -0.25) is 9.59 Å². The van der Waals surface area contributed by atoms with E-state index >= 15 is 0 Å². The van der Waals surface area contributed by atoms with Crippen LogP contribution in [0.5, 0.6) is 0 Å². The van der Waals surface area contributed by atoms with Gasteiger partial charge < -0.3 is 10.2 Å². The molecule has 2 aliphatic rings. The van der Waals surface area contributed by atoms with Gasteiger partial charge in [-0.1, -0.05) is 19.9 Å². The van der Waals surface area contributed by atoms with Gasteiger partial charge in [-0.2, -0.15) is 0 Å². The van der Waals surface area contributed by atoms with Gasteiger partial charge in [0.1, 0.15) is 5.82 Å². The summed E-state index contributed by atoms with van der Waals surface area (Å²) in [4.78, 5) is 26.4. The lowest BCUT2D eigenvalue weighted by molar-refractivity contribution is -0.131. The molecule has 1 aliphatic carbocycles. The summed E-state index contributed by atoms with van der Waals surface area (Å²) < 4.78 is 13.2. The van der Waals surface area contributed by atoms with Crippen molar-refractivity contribution in [1.29, 1.82) is 0 Å². The molecule has 1 N–H and O–H groups in total. The van der Waals surface area contributed by atoms with E-state index in [1.165, 1.54) is 12.1 Å². The van der Waals surface area contributed by atoms with Crippen LogP contribution in [-0.2, 0) is 9.59 Å². The zero-order valence-corrected chi connectivity index (χ0v) is 13.6. The van der Waals surface area contributed by atoms with E-state index < -0.39 is 0 Å². The fourth-order valence-electron chi connectivity index (χ4n) is 3.55. The summed E-state index contributed by atoms with van der Waals surface area (Å²) in [5.41, 5.74) is 0.437. The zero-order chi connectivity index (χ0) is 16.6. The molecular weight excluding hydrogens is 295 g/mol. The molecule has 1 heterocycles. The first-order valence-corrected chi connectivity index (χ1v) is 8.24. The van der Waals surface area contributed by atoms with Gasteiger partial charge in [0.05, 0.1) is 0 Å². The number of carbonyl (C=O) groups excluding carboxylic acids is 2. The summed E-state index contributed by atoms with van der Waals surface area (Å²) in [6, 6.07) is 5.93. The molecule has 1 aromatic rings. The normalized spacial score (nSPS) is 25.9. The molecule has 0 aromatic heterocycles. The van der Waals surface area contributed by atoms with Gasteiger partial charge >= 0.3 is 0 Å². The van der Waals surface area contributed by atoms with Crippen molar-refractivity contribution in [2.75, 3.05) is 18.4 Å². The van der Waals surface area contributed by atoms with E-state index in [2.05, 4.69) is 5.32 Å². The van der Waals surface area contributed by atoms with Gasteiger partial charge in [0, 0.05) is 36.5 Å². The van der Waals surface area contributed by atoms with Crippen molar-refractivity contribution in [3.05, 3.63) is 30.1 Å². The van der Waals surface area contributed by atoms with E-state index in [0.717, 1.165) is 19.4 Å². The number of rotatable bonds is 4. The largest absolute Gasteiger partial charge is 0.342 e. The Kier molecular flexibility index (Phi) is 4.13. The van der Waals surface area contributed by atoms with E-state index in [4.69, 9.17) is 0 Å². The Morgan fingerprint density at radius 3 is 2.91 bits per heavy atom. The Hall–Kier alpha value is -1.91. The maximum absolute atomic E-state index is 13.2. The number of hydrogen-bond acceptors (Lipinski definition) is 2. The fourth-order valence-corrected chi connectivity index (χ4v) is 3.55. The van der Waals surface area contributed by atoms with Crippen molar-refractivity contribution in [1.82, 2.24) is 4.90 Å². The Balaban J connectivity index is 1.56. The minimum atomic E-state index is -0.361. The molecule has 2 unspecified atom stereocenters. The van der Waals surface area contributed by atoms with Crippen LogP contribution in [0.15, 0.2) is 24.3 Å². The molecule has 2 amide bonds. The number of anilines is 1. The molecular formula is C18H23FN2O2. The van der Waals surface area contributed by atoms with Gasteiger partial charge in [-0.15, -0.1) is 0 Å². The molecule has 2 atom stereocenters. The Bertz CT molecular complexity index is 631. The van der Waals surface area contributed by atoms with Crippen molar-refractivity contribution in [3.8, 4) is 0 Å². The van der Waals surface area contributed by atoms with Crippen LogP contribution in [0.4, 0.5) is 10.1 Å². The van der Waals surface area contributed by atoms with Gasteiger partial charge in [-0.05, 0) is 37.0 Å². The summed E-state index contributed by atoms with van der Waals surface area (Å²) in [6.45, 7) is 5.50. The van der Waals surface area contributed by atoms with E-state index in [1.54, 1.807) is 12.1 Å². The van der Waals surface area contributed by atoms with Crippen LogP contribution >= 0.6 is 0 Å². The molecule has 3 rings (SSSR count). The molecule has 1 spiro atoms. The number of likely N-dealkylation sites (tertiary alicyclic amines) is 1. The highest BCUT2D eigenvalue weighted by atomic mass is 19.1. The predicted molar refractivity (Wildman–Crippen MR) is 86.2 cm³/mol. The van der Waals surface area contributed by atoms with Crippen LogP contribution in [0.2, 0.25) is 0 Å². The second kappa shape index (κ2) is 5.95. The van der Waals surface area contributed by atoms with E-state index in [-0.39, 0.29) is 29.0 Å². The lowest BCUT2D eigenvalue weighted by Gasteiger charge is -2.18. The zero-order valence-electron chi connectivity index (χ0n) is 13.6. The highest BCUT2D eigenvalue weighted by Gasteiger charge is 2.61. The number of halogens is 1. The van der Waals surface area contributed by atoms with E-state index in [0.29, 0.717) is 24.6 Å². The average Bonchev–Trinajstić information content (AvgIpc) is 2.98. The summed E-state index contributed by atoms with van der Waals surface area (Å²) in [5, 5.41) is 2.79. The molecule has 0 bridgehead atoms. The molecule has 1 saturated carbocycles. The maximum atomic E-state index is 13.2. The van der Waals surface area contributed by atoms with Crippen molar-refractivity contribution in [3.63, 3.8) is 0 Å². The van der Waals surface area contributed by atoms with Crippen molar-refractivity contribution >= 4 is 17.5 Å². The fraction of sp³-hybridized carbons (Fsp3) is 0.556. The molecule has 23 heavy (non-hydrogen) atoms. The van der Waals surface area contributed by atoms with Crippen LogP contribution in [0.3, 0.4) is 0 Å². The van der Waals surface area contributed by atoms with Gasteiger partial charge in [-0.25, -0.2) is 4.39 Å². The van der Waals surface area contributed by atoms with E-state index in [1.807, 2.05) is 18.7 Å². The van der Waals surface area contributed by atoms with Crippen LogP contribution < -0.4 is 5.32 Å². The second-order valence-corrected chi connectivity index (χ2v) is 7.28. The molecule has 4 nitrogen and oxygen atoms in total. The highest BCUT2D eigenvalue weighted by Crippen LogP contribution is 2.58. The third-order valence-electron chi connectivity index (χ3n) is 4.92. The third-order valence-corrected chi connectivity index (χ3v) is 4.92. The first-order valence-electron chi connectivity index (χ1n) is 8.24. The number of nitrogens with zero attached hydrogens (tertiary/aromatic N) is 1. The molecule has 2 fully saturated rings. The predicted octanol–water partition coefficient (Wildman–Crippen LogP) is 3.05. The number of benzene rings is 1. The Morgan fingerprint density at radius 1 is 1.43 bits per heavy atom. The quantitative estimate of drug-likeness (QED) is 0.927. The first-order chi connectivity index (χ1) is 10.9. The van der Waals surface area contributed by atoms with Crippen molar-refractivity contribution in [2.45, 2.75) is 33.1 Å².